The zero-order valence-electron chi connectivity index (χ0n) is 13.9. The van der Waals surface area contributed by atoms with Crippen LogP contribution in [0.5, 0.6) is 0 Å². The zero-order valence-corrected chi connectivity index (χ0v) is 15.5. The molecule has 0 spiro atoms. The normalized spacial score (nSPS) is 22.4. The fraction of sp³-hybridized carbons (Fsp3) is 0.562. The first-order chi connectivity index (χ1) is 10.6. The van der Waals surface area contributed by atoms with Crippen molar-refractivity contribution in [2.75, 3.05) is 27.2 Å². The van der Waals surface area contributed by atoms with E-state index in [0.717, 1.165) is 10.7 Å². The number of halogens is 1. The number of nitrogens with zero attached hydrogens (tertiary/aromatic N) is 2. The van der Waals surface area contributed by atoms with E-state index in [4.69, 9.17) is 11.6 Å². The molecule has 0 radical (unpaired) electrons. The van der Waals surface area contributed by atoms with Gasteiger partial charge in [0.25, 0.3) is 5.91 Å². The van der Waals surface area contributed by atoms with E-state index < -0.39 is 10.0 Å². The highest BCUT2D eigenvalue weighted by Crippen LogP contribution is 2.27. The van der Waals surface area contributed by atoms with Crippen molar-refractivity contribution in [3.8, 4) is 0 Å². The second-order valence-electron chi connectivity index (χ2n) is 6.59. The number of piperidine rings is 1. The number of rotatable bonds is 3. The standard InChI is InChI=1S/C16H23ClN2O3S/c1-11-7-12(2)10-19(9-11)16(20)14-8-13(5-6-15(14)17)23(21,22)18(3)4/h5-6,8,11-12H,7,9-10H2,1-4H3/t11-,12-/m1/s1. The topological polar surface area (TPSA) is 57.7 Å². The van der Waals surface area contributed by atoms with Crippen LogP contribution >= 0.6 is 11.6 Å². The van der Waals surface area contributed by atoms with Gasteiger partial charge in [-0.15, -0.1) is 0 Å². The van der Waals surface area contributed by atoms with Crippen molar-refractivity contribution < 1.29 is 13.2 Å². The largest absolute Gasteiger partial charge is 0.338 e. The van der Waals surface area contributed by atoms with E-state index in [1.165, 1.54) is 32.3 Å². The first-order valence-corrected chi connectivity index (χ1v) is 9.46. The molecule has 23 heavy (non-hydrogen) atoms. The Morgan fingerprint density at radius 1 is 1.22 bits per heavy atom. The summed E-state index contributed by atoms with van der Waals surface area (Å²) in [7, 11) is -0.682. The quantitative estimate of drug-likeness (QED) is 0.834. The third-order valence-electron chi connectivity index (χ3n) is 4.10. The van der Waals surface area contributed by atoms with Gasteiger partial charge in [0.2, 0.25) is 10.0 Å². The molecule has 7 heteroatoms. The van der Waals surface area contributed by atoms with E-state index >= 15 is 0 Å². The minimum atomic E-state index is -3.60. The third-order valence-corrected chi connectivity index (χ3v) is 6.24. The molecule has 0 unspecified atom stereocenters. The molecule has 1 aliphatic heterocycles. The number of likely N-dealkylation sites (tertiary alicyclic amines) is 1. The summed E-state index contributed by atoms with van der Waals surface area (Å²) < 4.78 is 25.6. The second-order valence-corrected chi connectivity index (χ2v) is 9.14. The molecule has 1 heterocycles. The van der Waals surface area contributed by atoms with Crippen molar-refractivity contribution in [1.29, 1.82) is 0 Å². The maximum Gasteiger partial charge on any atom is 0.255 e. The van der Waals surface area contributed by atoms with Gasteiger partial charge < -0.3 is 4.90 Å². The van der Waals surface area contributed by atoms with E-state index in [2.05, 4.69) is 13.8 Å². The molecule has 0 saturated carbocycles. The summed E-state index contributed by atoms with van der Waals surface area (Å²) in [6.45, 7) is 5.57. The van der Waals surface area contributed by atoms with Gasteiger partial charge >= 0.3 is 0 Å². The van der Waals surface area contributed by atoms with Gasteiger partial charge in [-0.05, 0) is 36.5 Å². The van der Waals surface area contributed by atoms with E-state index in [0.29, 0.717) is 24.9 Å². The number of hydrogen-bond acceptors (Lipinski definition) is 3. The Labute approximate surface area is 143 Å². The summed E-state index contributed by atoms with van der Waals surface area (Å²) >= 11 is 6.16. The van der Waals surface area contributed by atoms with Gasteiger partial charge in [0.15, 0.2) is 0 Å². The summed E-state index contributed by atoms with van der Waals surface area (Å²) in [5.74, 6) is 0.648. The van der Waals surface area contributed by atoms with Crippen molar-refractivity contribution in [3.63, 3.8) is 0 Å². The number of amides is 1. The van der Waals surface area contributed by atoms with Crippen LogP contribution < -0.4 is 0 Å². The number of hydrogen-bond donors (Lipinski definition) is 0. The fourth-order valence-electron chi connectivity index (χ4n) is 3.04. The summed E-state index contributed by atoms with van der Waals surface area (Å²) in [5.41, 5.74) is 0.246. The highest BCUT2D eigenvalue weighted by Gasteiger charge is 2.28. The van der Waals surface area contributed by atoms with Crippen LogP contribution in [0, 0.1) is 11.8 Å². The molecule has 1 fully saturated rings. The lowest BCUT2D eigenvalue weighted by Gasteiger charge is -2.35. The van der Waals surface area contributed by atoms with Crippen molar-refractivity contribution in [2.24, 2.45) is 11.8 Å². The summed E-state index contributed by atoms with van der Waals surface area (Å²) in [6.07, 6.45) is 1.09. The lowest BCUT2D eigenvalue weighted by molar-refractivity contribution is 0.0623. The molecule has 128 valence electrons. The average molecular weight is 359 g/mol. The van der Waals surface area contributed by atoms with Crippen LogP contribution in [-0.2, 0) is 10.0 Å². The Bertz CT molecular complexity index is 693. The molecule has 1 aromatic carbocycles. The van der Waals surface area contributed by atoms with Crippen LogP contribution in [0.25, 0.3) is 0 Å². The van der Waals surface area contributed by atoms with E-state index in [9.17, 15) is 13.2 Å². The van der Waals surface area contributed by atoms with E-state index in [1.807, 2.05) is 0 Å². The molecule has 5 nitrogen and oxygen atoms in total. The predicted octanol–water partition coefficient (Wildman–Crippen LogP) is 2.71. The molecule has 0 N–H and O–H groups in total. The van der Waals surface area contributed by atoms with Crippen molar-refractivity contribution >= 4 is 27.5 Å². The summed E-state index contributed by atoms with van der Waals surface area (Å²) in [5, 5.41) is 0.276. The number of benzene rings is 1. The van der Waals surface area contributed by atoms with Crippen LogP contribution in [0.3, 0.4) is 0 Å². The highest BCUT2D eigenvalue weighted by atomic mass is 35.5. The minimum absolute atomic E-state index is 0.0772. The van der Waals surface area contributed by atoms with Gasteiger partial charge in [0.1, 0.15) is 0 Å². The Morgan fingerprint density at radius 3 is 2.30 bits per heavy atom. The van der Waals surface area contributed by atoms with Crippen LogP contribution in [0.15, 0.2) is 23.1 Å². The van der Waals surface area contributed by atoms with Gasteiger partial charge in [-0.3, -0.25) is 4.79 Å². The average Bonchev–Trinajstić information content (AvgIpc) is 2.45. The number of carbonyl (C=O) groups excluding carboxylic acids is 1. The predicted molar refractivity (Wildman–Crippen MR) is 91.2 cm³/mol. The van der Waals surface area contributed by atoms with Gasteiger partial charge in [-0.25, -0.2) is 12.7 Å². The minimum Gasteiger partial charge on any atom is -0.338 e. The first kappa shape index (κ1) is 18.2. The molecular weight excluding hydrogens is 336 g/mol. The van der Waals surface area contributed by atoms with Gasteiger partial charge in [-0.2, -0.15) is 0 Å². The smallest absolute Gasteiger partial charge is 0.255 e. The SMILES string of the molecule is C[C@@H]1C[C@@H](C)CN(C(=O)c2cc(S(=O)(=O)N(C)C)ccc2Cl)C1. The molecule has 0 aliphatic carbocycles. The molecule has 0 aromatic heterocycles. The lowest BCUT2D eigenvalue weighted by Crippen LogP contribution is -2.42. The first-order valence-electron chi connectivity index (χ1n) is 7.64. The van der Waals surface area contributed by atoms with Gasteiger partial charge in [0, 0.05) is 27.2 Å². The molecule has 1 saturated heterocycles. The van der Waals surface area contributed by atoms with E-state index in [-0.39, 0.29) is 21.4 Å². The van der Waals surface area contributed by atoms with Gasteiger partial charge in [0.05, 0.1) is 15.5 Å². The summed E-state index contributed by atoms with van der Waals surface area (Å²) in [6, 6.07) is 4.28. The van der Waals surface area contributed by atoms with Crippen LogP contribution in [-0.4, -0.2) is 50.7 Å². The Kier molecular flexibility index (Phi) is 5.38. The molecule has 1 aromatic rings. The van der Waals surface area contributed by atoms with Crippen LogP contribution in [0.1, 0.15) is 30.6 Å². The Hall–Kier alpha value is -1.11. The van der Waals surface area contributed by atoms with Crippen LogP contribution in [0.4, 0.5) is 0 Å². The van der Waals surface area contributed by atoms with E-state index in [1.54, 1.807) is 4.90 Å². The third kappa shape index (κ3) is 3.87. The second kappa shape index (κ2) is 6.79. The maximum atomic E-state index is 12.8. The Morgan fingerprint density at radius 2 is 1.78 bits per heavy atom. The van der Waals surface area contributed by atoms with Crippen molar-refractivity contribution in [3.05, 3.63) is 28.8 Å². The lowest BCUT2D eigenvalue weighted by atomic mass is 9.91. The van der Waals surface area contributed by atoms with Crippen molar-refractivity contribution in [1.82, 2.24) is 9.21 Å². The summed E-state index contributed by atoms with van der Waals surface area (Å²) in [4.78, 5) is 14.6. The molecule has 2 atom stereocenters. The monoisotopic (exact) mass is 358 g/mol. The van der Waals surface area contributed by atoms with Crippen molar-refractivity contribution in [2.45, 2.75) is 25.2 Å². The molecule has 1 amide bonds. The highest BCUT2D eigenvalue weighted by molar-refractivity contribution is 7.89. The molecule has 1 aliphatic rings. The maximum absolute atomic E-state index is 12.8. The zero-order chi connectivity index (χ0) is 17.4. The van der Waals surface area contributed by atoms with Gasteiger partial charge in [-0.1, -0.05) is 25.4 Å². The molecular formula is C16H23ClN2O3S. The van der Waals surface area contributed by atoms with Crippen LogP contribution in [0.2, 0.25) is 5.02 Å². The number of carbonyl (C=O) groups is 1. The fourth-order valence-corrected chi connectivity index (χ4v) is 4.17. The number of sulfonamides is 1. The molecule has 0 bridgehead atoms. The Balaban J connectivity index is 2.37. The molecule has 2 rings (SSSR count).